The largest absolute Gasteiger partial charge is 0.353 e. The highest BCUT2D eigenvalue weighted by Crippen LogP contribution is 2.38. The van der Waals surface area contributed by atoms with Crippen LogP contribution in [0.5, 0.6) is 0 Å². The molecule has 1 aromatic rings. The third kappa shape index (κ3) is 0.707. The van der Waals surface area contributed by atoms with Crippen LogP contribution >= 0.6 is 0 Å². The van der Waals surface area contributed by atoms with E-state index in [0.29, 0.717) is 6.04 Å². The Labute approximate surface area is 70.1 Å². The molecular weight excluding hydrogens is 154 g/mol. The quantitative estimate of drug-likeness (QED) is 0.606. The van der Waals surface area contributed by atoms with Gasteiger partial charge in [-0.15, -0.1) is 0 Å². The van der Waals surface area contributed by atoms with Crippen molar-refractivity contribution in [3.8, 4) is 0 Å². The number of tetrazole rings is 1. The topological polar surface area (TPSA) is 55.6 Å². The standard InChI is InChI=1S/C7H11N5/c1-2-5-4-8-7-9-10-11-12(7)6(5)3-1/h5-6H,1-4H2,(H,8,9,11). The summed E-state index contributed by atoms with van der Waals surface area (Å²) >= 11 is 0. The fourth-order valence-electron chi connectivity index (χ4n) is 2.33. The summed E-state index contributed by atoms with van der Waals surface area (Å²) in [6.45, 7) is 1.05. The molecule has 64 valence electrons. The average Bonchev–Trinajstić information content (AvgIpc) is 2.71. The van der Waals surface area contributed by atoms with Gasteiger partial charge in [-0.05, 0) is 29.2 Å². The van der Waals surface area contributed by atoms with E-state index in [9.17, 15) is 0 Å². The van der Waals surface area contributed by atoms with E-state index in [1.807, 2.05) is 4.68 Å². The predicted molar refractivity (Wildman–Crippen MR) is 42.7 cm³/mol. The maximum absolute atomic E-state index is 3.99. The maximum atomic E-state index is 3.99. The molecule has 0 saturated heterocycles. The Balaban J connectivity index is 2.04. The zero-order valence-corrected chi connectivity index (χ0v) is 6.77. The van der Waals surface area contributed by atoms with Gasteiger partial charge in [-0.25, -0.2) is 4.68 Å². The molecule has 2 aliphatic rings. The first-order valence-corrected chi connectivity index (χ1v) is 4.47. The number of aromatic nitrogens is 4. The summed E-state index contributed by atoms with van der Waals surface area (Å²) in [6.07, 6.45) is 3.87. The Hall–Kier alpha value is -1.13. The lowest BCUT2D eigenvalue weighted by Crippen LogP contribution is -2.29. The fraction of sp³-hybridized carbons (Fsp3) is 0.857. The highest BCUT2D eigenvalue weighted by atomic mass is 15.6. The predicted octanol–water partition coefficient (Wildman–Crippen LogP) is 0.440. The van der Waals surface area contributed by atoms with Crippen LogP contribution in [0.3, 0.4) is 0 Å². The van der Waals surface area contributed by atoms with Gasteiger partial charge < -0.3 is 5.32 Å². The summed E-state index contributed by atoms with van der Waals surface area (Å²) in [4.78, 5) is 0. The van der Waals surface area contributed by atoms with Gasteiger partial charge in [0.25, 0.3) is 0 Å². The van der Waals surface area contributed by atoms with Gasteiger partial charge in [0.2, 0.25) is 5.95 Å². The van der Waals surface area contributed by atoms with Gasteiger partial charge in [0.1, 0.15) is 0 Å². The molecule has 0 aromatic carbocycles. The molecule has 1 aliphatic heterocycles. The number of anilines is 1. The monoisotopic (exact) mass is 165 g/mol. The Morgan fingerprint density at radius 2 is 2.42 bits per heavy atom. The molecule has 0 bridgehead atoms. The first-order valence-electron chi connectivity index (χ1n) is 4.47. The Morgan fingerprint density at radius 3 is 3.42 bits per heavy atom. The maximum Gasteiger partial charge on any atom is 0.243 e. The first-order chi connectivity index (χ1) is 5.95. The van der Waals surface area contributed by atoms with Crippen LogP contribution in [-0.4, -0.2) is 26.8 Å². The summed E-state index contributed by atoms with van der Waals surface area (Å²) in [6, 6.07) is 0.566. The molecule has 1 N–H and O–H groups in total. The summed E-state index contributed by atoms with van der Waals surface area (Å²) in [5.74, 6) is 1.60. The minimum Gasteiger partial charge on any atom is -0.353 e. The highest BCUT2D eigenvalue weighted by Gasteiger charge is 2.34. The minimum atomic E-state index is 0.566. The van der Waals surface area contributed by atoms with Crippen LogP contribution in [0.15, 0.2) is 0 Å². The molecule has 0 radical (unpaired) electrons. The molecule has 1 aliphatic carbocycles. The van der Waals surface area contributed by atoms with Gasteiger partial charge in [0.15, 0.2) is 0 Å². The number of rotatable bonds is 0. The van der Waals surface area contributed by atoms with Gasteiger partial charge in [-0.2, -0.15) is 0 Å². The van der Waals surface area contributed by atoms with Crippen LogP contribution in [0.4, 0.5) is 5.95 Å². The molecule has 1 fully saturated rings. The summed E-state index contributed by atoms with van der Waals surface area (Å²) in [5, 5.41) is 14.8. The van der Waals surface area contributed by atoms with E-state index in [4.69, 9.17) is 0 Å². The average molecular weight is 165 g/mol. The van der Waals surface area contributed by atoms with Crippen LogP contribution in [0.1, 0.15) is 25.3 Å². The second kappa shape index (κ2) is 2.18. The Morgan fingerprint density at radius 1 is 1.42 bits per heavy atom. The van der Waals surface area contributed by atoms with E-state index in [-0.39, 0.29) is 0 Å². The van der Waals surface area contributed by atoms with Crippen molar-refractivity contribution < 1.29 is 0 Å². The van der Waals surface area contributed by atoms with Crippen LogP contribution < -0.4 is 5.32 Å². The van der Waals surface area contributed by atoms with Gasteiger partial charge in [-0.3, -0.25) is 0 Å². The number of hydrogen-bond donors (Lipinski definition) is 1. The molecule has 5 heteroatoms. The molecule has 0 spiro atoms. The normalized spacial score (nSPS) is 32.3. The van der Waals surface area contributed by atoms with E-state index in [2.05, 4.69) is 20.8 Å². The van der Waals surface area contributed by atoms with Crippen LogP contribution in [-0.2, 0) is 0 Å². The lowest BCUT2D eigenvalue weighted by atomic mass is 10.0. The Kier molecular flexibility index (Phi) is 1.16. The van der Waals surface area contributed by atoms with Crippen molar-refractivity contribution in [2.45, 2.75) is 25.3 Å². The number of hydrogen-bond acceptors (Lipinski definition) is 4. The van der Waals surface area contributed by atoms with Crippen molar-refractivity contribution in [3.05, 3.63) is 0 Å². The van der Waals surface area contributed by atoms with Crippen LogP contribution in [0.2, 0.25) is 0 Å². The fourth-order valence-corrected chi connectivity index (χ4v) is 2.33. The van der Waals surface area contributed by atoms with E-state index < -0.39 is 0 Å². The van der Waals surface area contributed by atoms with Crippen molar-refractivity contribution in [3.63, 3.8) is 0 Å². The highest BCUT2D eigenvalue weighted by molar-refractivity contribution is 5.26. The van der Waals surface area contributed by atoms with Crippen molar-refractivity contribution in [1.29, 1.82) is 0 Å². The second-order valence-electron chi connectivity index (χ2n) is 3.59. The molecule has 0 amide bonds. The van der Waals surface area contributed by atoms with E-state index >= 15 is 0 Å². The van der Waals surface area contributed by atoms with E-state index in [1.54, 1.807) is 0 Å². The van der Waals surface area contributed by atoms with E-state index in [0.717, 1.165) is 18.4 Å². The molecule has 2 heterocycles. The summed E-state index contributed by atoms with van der Waals surface area (Å²) in [7, 11) is 0. The lowest BCUT2D eigenvalue weighted by molar-refractivity contribution is 0.341. The molecule has 1 aromatic heterocycles. The smallest absolute Gasteiger partial charge is 0.243 e. The van der Waals surface area contributed by atoms with Gasteiger partial charge in [-0.1, -0.05) is 11.5 Å². The first kappa shape index (κ1) is 6.39. The molecule has 2 unspecified atom stereocenters. The summed E-state index contributed by atoms with van der Waals surface area (Å²) in [5.41, 5.74) is 0. The molecule has 5 nitrogen and oxygen atoms in total. The van der Waals surface area contributed by atoms with Crippen molar-refractivity contribution >= 4 is 5.95 Å². The zero-order chi connectivity index (χ0) is 7.97. The van der Waals surface area contributed by atoms with Gasteiger partial charge >= 0.3 is 0 Å². The molecule has 3 rings (SSSR count). The van der Waals surface area contributed by atoms with Crippen molar-refractivity contribution in [1.82, 2.24) is 20.2 Å². The lowest BCUT2D eigenvalue weighted by Gasteiger charge is -2.25. The Bertz CT molecular complexity index is 294. The summed E-state index contributed by atoms with van der Waals surface area (Å²) < 4.78 is 1.95. The van der Waals surface area contributed by atoms with Crippen molar-refractivity contribution in [2.24, 2.45) is 5.92 Å². The van der Waals surface area contributed by atoms with Gasteiger partial charge in [0, 0.05) is 6.54 Å². The van der Waals surface area contributed by atoms with Gasteiger partial charge in [0.05, 0.1) is 6.04 Å². The third-order valence-corrected chi connectivity index (χ3v) is 2.95. The van der Waals surface area contributed by atoms with Crippen molar-refractivity contribution in [2.75, 3.05) is 11.9 Å². The number of nitrogens with one attached hydrogen (secondary N) is 1. The van der Waals surface area contributed by atoms with Crippen LogP contribution in [0.25, 0.3) is 0 Å². The molecule has 2 atom stereocenters. The third-order valence-electron chi connectivity index (χ3n) is 2.95. The molecule has 12 heavy (non-hydrogen) atoms. The number of fused-ring (bicyclic) bond motifs is 3. The SMILES string of the molecule is C1CC2CNc3nnnn3C2C1. The molecule has 1 saturated carbocycles. The zero-order valence-electron chi connectivity index (χ0n) is 6.77. The second-order valence-corrected chi connectivity index (χ2v) is 3.59. The van der Waals surface area contributed by atoms with E-state index in [1.165, 1.54) is 19.3 Å². The van der Waals surface area contributed by atoms with Crippen LogP contribution in [0, 0.1) is 5.92 Å². The molecular formula is C7H11N5. The minimum absolute atomic E-state index is 0.566. The number of nitrogens with zero attached hydrogens (tertiary/aromatic N) is 4.